The van der Waals surface area contributed by atoms with Gasteiger partial charge in [0.2, 0.25) is 11.8 Å². The monoisotopic (exact) mass is 386 g/mol. The van der Waals surface area contributed by atoms with Gasteiger partial charge in [-0.05, 0) is 36.8 Å². The van der Waals surface area contributed by atoms with Crippen molar-refractivity contribution < 1.29 is 19.1 Å². The molecule has 0 bridgehead atoms. The molecule has 1 unspecified atom stereocenters. The van der Waals surface area contributed by atoms with E-state index in [-0.39, 0.29) is 17.2 Å². The Balaban J connectivity index is 1.22. The normalized spacial score (nSPS) is 20.6. The first kappa shape index (κ1) is 18.1. The Labute approximate surface area is 162 Å². The summed E-state index contributed by atoms with van der Waals surface area (Å²) in [6.07, 6.45) is 4.03. The number of aliphatic carboxylic acids is 1. The van der Waals surface area contributed by atoms with E-state index in [2.05, 4.69) is 4.98 Å². The molecule has 2 heterocycles. The first-order valence-corrected chi connectivity index (χ1v) is 10.3. The number of hydrogen-bond donors (Lipinski definition) is 1. The van der Waals surface area contributed by atoms with E-state index in [0.717, 1.165) is 30.5 Å². The Morgan fingerprint density at radius 3 is 2.67 bits per heavy atom. The first-order valence-electron chi connectivity index (χ1n) is 9.16. The van der Waals surface area contributed by atoms with E-state index in [0.29, 0.717) is 30.5 Å². The lowest BCUT2D eigenvalue weighted by Crippen LogP contribution is -2.40. The molecule has 2 fully saturated rings. The number of hydrogen-bond acceptors (Lipinski definition) is 5. The van der Waals surface area contributed by atoms with Gasteiger partial charge in [0, 0.05) is 24.4 Å². The molecular weight excluding hydrogens is 364 g/mol. The van der Waals surface area contributed by atoms with E-state index in [4.69, 9.17) is 9.52 Å². The van der Waals surface area contributed by atoms with Gasteiger partial charge in [0.15, 0.2) is 0 Å². The van der Waals surface area contributed by atoms with Crippen molar-refractivity contribution in [3.8, 4) is 11.5 Å². The van der Waals surface area contributed by atoms with Crippen molar-refractivity contribution in [2.75, 3.05) is 18.8 Å². The average Bonchev–Trinajstić information content (AvgIpc) is 3.18. The van der Waals surface area contributed by atoms with E-state index in [1.54, 1.807) is 6.26 Å². The van der Waals surface area contributed by atoms with Crippen LogP contribution in [0.3, 0.4) is 0 Å². The fraction of sp³-hybridized carbons (Fsp3) is 0.450. The van der Waals surface area contributed by atoms with Crippen molar-refractivity contribution in [1.82, 2.24) is 9.88 Å². The molecule has 2 aliphatic rings. The van der Waals surface area contributed by atoms with Crippen LogP contribution in [0.4, 0.5) is 0 Å². The molecule has 7 heteroatoms. The smallest absolute Gasteiger partial charge is 0.307 e. The quantitative estimate of drug-likeness (QED) is 0.820. The van der Waals surface area contributed by atoms with Gasteiger partial charge in [-0.2, -0.15) is 0 Å². The minimum Gasteiger partial charge on any atom is -0.481 e. The number of benzene rings is 1. The summed E-state index contributed by atoms with van der Waals surface area (Å²) >= 11 is 1.53. The van der Waals surface area contributed by atoms with Gasteiger partial charge in [0.05, 0.1) is 17.4 Å². The van der Waals surface area contributed by atoms with Crippen LogP contribution in [0.15, 0.2) is 41.0 Å². The minimum atomic E-state index is -0.687. The van der Waals surface area contributed by atoms with E-state index in [9.17, 15) is 9.59 Å². The standard InChI is InChI=1S/C20H22N2O4S/c23-17(22-8-6-20(7-9-22)10-16(20)19(24)25)13-27-12-15-11-26-18(21-15)14-4-2-1-3-5-14/h1-5,11,16H,6-10,12-13H2,(H,24,25). The largest absolute Gasteiger partial charge is 0.481 e. The molecule has 1 saturated heterocycles. The van der Waals surface area contributed by atoms with Crippen LogP contribution < -0.4 is 0 Å². The Bertz CT molecular complexity index is 828. The Morgan fingerprint density at radius 1 is 1.26 bits per heavy atom. The van der Waals surface area contributed by atoms with Gasteiger partial charge in [-0.3, -0.25) is 9.59 Å². The van der Waals surface area contributed by atoms with Gasteiger partial charge < -0.3 is 14.4 Å². The fourth-order valence-electron chi connectivity index (χ4n) is 3.87. The van der Waals surface area contributed by atoms with Crippen LogP contribution in [0.2, 0.25) is 0 Å². The number of oxazole rings is 1. The number of carbonyl (C=O) groups is 2. The summed E-state index contributed by atoms with van der Waals surface area (Å²) in [5.41, 5.74) is 1.72. The summed E-state index contributed by atoms with van der Waals surface area (Å²) in [7, 11) is 0. The number of carbonyl (C=O) groups excluding carboxylic acids is 1. The SMILES string of the molecule is O=C(O)C1CC12CCN(C(=O)CSCc1coc(-c3ccccc3)n1)CC2. The van der Waals surface area contributed by atoms with Gasteiger partial charge >= 0.3 is 5.97 Å². The first-order chi connectivity index (χ1) is 13.1. The molecule has 1 spiro atoms. The van der Waals surface area contributed by atoms with E-state index < -0.39 is 5.97 Å². The van der Waals surface area contributed by atoms with Crippen LogP contribution in [-0.4, -0.2) is 45.7 Å². The number of carboxylic acids is 1. The van der Waals surface area contributed by atoms with Crippen LogP contribution in [0.25, 0.3) is 11.5 Å². The number of aromatic nitrogens is 1. The Hall–Kier alpha value is -2.28. The lowest BCUT2D eigenvalue weighted by atomic mass is 9.91. The highest BCUT2D eigenvalue weighted by atomic mass is 32.2. The van der Waals surface area contributed by atoms with Crippen LogP contribution in [-0.2, 0) is 15.3 Å². The molecule has 1 aliphatic carbocycles. The fourth-order valence-corrected chi connectivity index (χ4v) is 4.67. The lowest BCUT2D eigenvalue weighted by molar-refractivity contribution is -0.139. The Kier molecular flexibility index (Phi) is 4.95. The highest BCUT2D eigenvalue weighted by Crippen LogP contribution is 2.59. The molecule has 27 heavy (non-hydrogen) atoms. The van der Waals surface area contributed by atoms with Crippen molar-refractivity contribution in [3.63, 3.8) is 0 Å². The second-order valence-corrected chi connectivity index (χ2v) is 8.33. The van der Waals surface area contributed by atoms with Crippen molar-refractivity contribution in [1.29, 1.82) is 0 Å². The highest BCUT2D eigenvalue weighted by Gasteiger charge is 2.59. The molecule has 1 amide bonds. The van der Waals surface area contributed by atoms with Crippen molar-refractivity contribution >= 4 is 23.6 Å². The summed E-state index contributed by atoms with van der Waals surface area (Å²) in [6.45, 7) is 1.34. The number of piperidine rings is 1. The molecule has 1 aromatic heterocycles. The molecule has 142 valence electrons. The van der Waals surface area contributed by atoms with Gasteiger partial charge in [-0.25, -0.2) is 4.98 Å². The molecule has 1 aromatic carbocycles. The third kappa shape index (κ3) is 3.88. The molecule has 1 N–H and O–H groups in total. The molecule has 1 aliphatic heterocycles. The van der Waals surface area contributed by atoms with Crippen LogP contribution in [0.5, 0.6) is 0 Å². The number of amides is 1. The van der Waals surface area contributed by atoms with Crippen molar-refractivity contribution in [2.45, 2.75) is 25.0 Å². The maximum absolute atomic E-state index is 12.4. The van der Waals surface area contributed by atoms with Gasteiger partial charge in [0.1, 0.15) is 6.26 Å². The molecule has 2 aromatic rings. The van der Waals surface area contributed by atoms with Gasteiger partial charge in [-0.1, -0.05) is 18.2 Å². The maximum atomic E-state index is 12.4. The summed E-state index contributed by atoms with van der Waals surface area (Å²) in [6, 6.07) is 9.72. The third-order valence-electron chi connectivity index (χ3n) is 5.65. The number of rotatable bonds is 6. The highest BCUT2D eigenvalue weighted by molar-refractivity contribution is 7.99. The molecule has 6 nitrogen and oxygen atoms in total. The van der Waals surface area contributed by atoms with Gasteiger partial charge in [-0.15, -0.1) is 11.8 Å². The maximum Gasteiger partial charge on any atom is 0.307 e. The summed E-state index contributed by atoms with van der Waals surface area (Å²) in [5.74, 6) is 0.859. The predicted octanol–water partition coefficient (Wildman–Crippen LogP) is 3.29. The molecule has 1 atom stereocenters. The number of carboxylic acid groups (broad SMARTS) is 1. The van der Waals surface area contributed by atoms with Gasteiger partial charge in [0.25, 0.3) is 0 Å². The topological polar surface area (TPSA) is 83.6 Å². The summed E-state index contributed by atoms with van der Waals surface area (Å²) in [4.78, 5) is 29.9. The predicted molar refractivity (Wildman–Crippen MR) is 102 cm³/mol. The van der Waals surface area contributed by atoms with E-state index in [1.807, 2.05) is 35.2 Å². The third-order valence-corrected chi connectivity index (χ3v) is 6.60. The molecular formula is C20H22N2O4S. The lowest BCUT2D eigenvalue weighted by Gasteiger charge is -2.32. The number of nitrogens with zero attached hydrogens (tertiary/aromatic N) is 2. The minimum absolute atomic E-state index is 0.0374. The molecule has 4 rings (SSSR count). The second kappa shape index (κ2) is 7.38. The van der Waals surface area contributed by atoms with E-state index in [1.165, 1.54) is 11.8 Å². The van der Waals surface area contributed by atoms with Crippen LogP contribution in [0.1, 0.15) is 25.0 Å². The second-order valence-electron chi connectivity index (χ2n) is 7.34. The summed E-state index contributed by atoms with van der Waals surface area (Å²) in [5, 5.41) is 9.15. The van der Waals surface area contributed by atoms with Crippen LogP contribution >= 0.6 is 11.8 Å². The van der Waals surface area contributed by atoms with Crippen molar-refractivity contribution in [3.05, 3.63) is 42.3 Å². The molecule has 1 saturated carbocycles. The Morgan fingerprint density at radius 2 is 2.00 bits per heavy atom. The average molecular weight is 386 g/mol. The van der Waals surface area contributed by atoms with Crippen molar-refractivity contribution in [2.24, 2.45) is 11.3 Å². The number of likely N-dealkylation sites (tertiary alicyclic amines) is 1. The van der Waals surface area contributed by atoms with Crippen LogP contribution in [0, 0.1) is 11.3 Å². The summed E-state index contributed by atoms with van der Waals surface area (Å²) < 4.78 is 5.52. The zero-order valence-electron chi connectivity index (χ0n) is 15.0. The van der Waals surface area contributed by atoms with E-state index >= 15 is 0 Å². The zero-order valence-corrected chi connectivity index (χ0v) is 15.8. The zero-order chi connectivity index (χ0) is 18.9. The number of thioether (sulfide) groups is 1. The molecule has 0 radical (unpaired) electrons.